The Bertz CT molecular complexity index is 390. The van der Waals surface area contributed by atoms with Crippen molar-refractivity contribution in [2.24, 2.45) is 0 Å². The third kappa shape index (κ3) is 2.15. The molecule has 0 aliphatic heterocycles. The minimum atomic E-state index is -0.556. The van der Waals surface area contributed by atoms with E-state index >= 15 is 0 Å². The molecule has 1 aliphatic carbocycles. The van der Waals surface area contributed by atoms with E-state index in [2.05, 4.69) is 4.98 Å². The molecule has 0 saturated heterocycles. The number of hydrogen-bond acceptors (Lipinski definition) is 5. The first-order valence-corrected chi connectivity index (χ1v) is 4.56. The van der Waals surface area contributed by atoms with Crippen LogP contribution in [0.1, 0.15) is 12.8 Å². The van der Waals surface area contributed by atoms with E-state index in [0.29, 0.717) is 11.5 Å². The lowest BCUT2D eigenvalue weighted by Gasteiger charge is -2.07. The molecule has 1 aromatic heterocycles. The van der Waals surface area contributed by atoms with Crippen LogP contribution in [0.15, 0.2) is 12.3 Å². The summed E-state index contributed by atoms with van der Waals surface area (Å²) in [6.45, 7) is 0. The van der Waals surface area contributed by atoms with E-state index in [1.54, 1.807) is 0 Å². The smallest absolute Gasteiger partial charge is 0.367 e. The Morgan fingerprint density at radius 3 is 2.80 bits per heavy atom. The summed E-state index contributed by atoms with van der Waals surface area (Å²) in [5.74, 6) is 0.584. The van der Waals surface area contributed by atoms with Gasteiger partial charge in [-0.1, -0.05) is 0 Å². The lowest BCUT2D eigenvalue weighted by molar-refractivity contribution is -0.389. The van der Waals surface area contributed by atoms with Crippen molar-refractivity contribution in [1.82, 2.24) is 4.98 Å². The minimum absolute atomic E-state index is 0.168. The van der Waals surface area contributed by atoms with Crippen LogP contribution in [0.2, 0.25) is 0 Å². The van der Waals surface area contributed by atoms with Crippen molar-refractivity contribution in [3.8, 4) is 11.5 Å². The molecule has 6 heteroatoms. The first kappa shape index (κ1) is 9.70. The Morgan fingerprint density at radius 1 is 1.53 bits per heavy atom. The van der Waals surface area contributed by atoms with Gasteiger partial charge >= 0.3 is 5.82 Å². The van der Waals surface area contributed by atoms with E-state index in [9.17, 15) is 10.1 Å². The van der Waals surface area contributed by atoms with E-state index in [4.69, 9.17) is 9.47 Å². The maximum Gasteiger partial charge on any atom is 0.367 e. The van der Waals surface area contributed by atoms with Gasteiger partial charge in [0.1, 0.15) is 0 Å². The highest BCUT2D eigenvalue weighted by molar-refractivity contribution is 5.43. The first-order chi connectivity index (χ1) is 7.20. The van der Waals surface area contributed by atoms with Crippen LogP contribution >= 0.6 is 0 Å². The van der Waals surface area contributed by atoms with Gasteiger partial charge in [-0.15, -0.1) is 0 Å². The fourth-order valence-electron chi connectivity index (χ4n) is 1.12. The summed E-state index contributed by atoms with van der Waals surface area (Å²) in [5, 5.41) is 10.5. The monoisotopic (exact) mass is 210 g/mol. The Labute approximate surface area is 86.0 Å². The molecule has 80 valence electrons. The highest BCUT2D eigenvalue weighted by Crippen LogP contribution is 2.34. The molecule has 0 aromatic carbocycles. The second-order valence-corrected chi connectivity index (χ2v) is 3.27. The van der Waals surface area contributed by atoms with E-state index in [0.717, 1.165) is 12.8 Å². The summed E-state index contributed by atoms with van der Waals surface area (Å²) in [5.41, 5.74) is 0. The molecule has 1 fully saturated rings. The number of hydrogen-bond donors (Lipinski definition) is 0. The van der Waals surface area contributed by atoms with Gasteiger partial charge in [-0.3, -0.25) is 0 Å². The topological polar surface area (TPSA) is 74.5 Å². The molecule has 15 heavy (non-hydrogen) atoms. The fourth-order valence-corrected chi connectivity index (χ4v) is 1.12. The zero-order chi connectivity index (χ0) is 10.8. The molecule has 6 nitrogen and oxygen atoms in total. The molecule has 1 saturated carbocycles. The number of aromatic nitrogens is 1. The molecular formula is C9H10N2O4. The average Bonchev–Trinajstić information content (AvgIpc) is 3.01. The van der Waals surface area contributed by atoms with Crippen molar-refractivity contribution in [3.63, 3.8) is 0 Å². The van der Waals surface area contributed by atoms with Crippen molar-refractivity contribution >= 4 is 5.82 Å². The zero-order valence-corrected chi connectivity index (χ0v) is 8.17. The van der Waals surface area contributed by atoms with Crippen molar-refractivity contribution in [2.75, 3.05) is 7.11 Å². The first-order valence-electron chi connectivity index (χ1n) is 4.56. The van der Waals surface area contributed by atoms with E-state index in [-0.39, 0.29) is 11.9 Å². The Morgan fingerprint density at radius 2 is 2.27 bits per heavy atom. The Balaban J connectivity index is 2.28. The minimum Gasteiger partial charge on any atom is -0.490 e. The summed E-state index contributed by atoms with van der Waals surface area (Å²) in [4.78, 5) is 13.6. The number of ether oxygens (including phenoxy) is 2. The summed E-state index contributed by atoms with van der Waals surface area (Å²) in [7, 11) is 1.47. The van der Waals surface area contributed by atoms with Crippen LogP contribution in [0.4, 0.5) is 5.82 Å². The number of pyridine rings is 1. The molecule has 0 unspecified atom stereocenters. The molecule has 2 rings (SSSR count). The van der Waals surface area contributed by atoms with E-state index in [1.807, 2.05) is 0 Å². The van der Waals surface area contributed by atoms with Gasteiger partial charge in [0.25, 0.3) is 0 Å². The third-order valence-corrected chi connectivity index (χ3v) is 2.04. The SMILES string of the molecule is COc1cnc([N+](=O)[O-])cc1OC1CC1. The molecule has 0 spiro atoms. The second-order valence-electron chi connectivity index (χ2n) is 3.27. The quantitative estimate of drug-likeness (QED) is 0.556. The van der Waals surface area contributed by atoms with Crippen LogP contribution in [-0.4, -0.2) is 23.1 Å². The van der Waals surface area contributed by atoms with Crippen LogP contribution in [0.5, 0.6) is 11.5 Å². The van der Waals surface area contributed by atoms with Crippen LogP contribution in [0, 0.1) is 10.1 Å². The highest BCUT2D eigenvalue weighted by atomic mass is 16.6. The molecule has 1 aromatic rings. The number of nitrogens with zero attached hydrogens (tertiary/aromatic N) is 2. The number of methoxy groups -OCH3 is 1. The van der Waals surface area contributed by atoms with Gasteiger partial charge in [0.2, 0.25) is 5.75 Å². The van der Waals surface area contributed by atoms with E-state index in [1.165, 1.54) is 19.4 Å². The van der Waals surface area contributed by atoms with Crippen molar-refractivity contribution in [2.45, 2.75) is 18.9 Å². The van der Waals surface area contributed by atoms with Crippen LogP contribution < -0.4 is 9.47 Å². The third-order valence-electron chi connectivity index (χ3n) is 2.04. The molecule has 1 heterocycles. The normalized spacial score (nSPS) is 14.7. The molecule has 0 N–H and O–H groups in total. The lowest BCUT2D eigenvalue weighted by Crippen LogP contribution is -2.01. The average molecular weight is 210 g/mol. The van der Waals surface area contributed by atoms with Crippen LogP contribution in [0.25, 0.3) is 0 Å². The maximum absolute atomic E-state index is 10.5. The lowest BCUT2D eigenvalue weighted by atomic mass is 10.4. The van der Waals surface area contributed by atoms with Crippen molar-refractivity contribution < 1.29 is 14.4 Å². The summed E-state index contributed by atoms with van der Waals surface area (Å²) in [6.07, 6.45) is 3.44. The molecular weight excluding hydrogens is 200 g/mol. The molecule has 1 aliphatic rings. The zero-order valence-electron chi connectivity index (χ0n) is 8.17. The highest BCUT2D eigenvalue weighted by Gasteiger charge is 2.26. The number of nitro groups is 1. The van der Waals surface area contributed by atoms with Gasteiger partial charge in [-0.2, -0.15) is 0 Å². The van der Waals surface area contributed by atoms with Gasteiger partial charge in [0, 0.05) is 0 Å². The molecule has 0 radical (unpaired) electrons. The van der Waals surface area contributed by atoms with Gasteiger partial charge < -0.3 is 19.6 Å². The number of rotatable bonds is 4. The predicted molar refractivity (Wildman–Crippen MR) is 51.1 cm³/mol. The van der Waals surface area contributed by atoms with Gasteiger partial charge in [0.15, 0.2) is 11.9 Å². The molecule has 0 bridgehead atoms. The summed E-state index contributed by atoms with van der Waals surface area (Å²) < 4.78 is 10.5. The Hall–Kier alpha value is -1.85. The summed E-state index contributed by atoms with van der Waals surface area (Å²) >= 11 is 0. The largest absolute Gasteiger partial charge is 0.490 e. The Kier molecular flexibility index (Phi) is 2.40. The molecule has 0 atom stereocenters. The van der Waals surface area contributed by atoms with Gasteiger partial charge in [-0.25, -0.2) is 0 Å². The fraction of sp³-hybridized carbons (Fsp3) is 0.444. The second kappa shape index (κ2) is 3.72. The van der Waals surface area contributed by atoms with Gasteiger partial charge in [-0.05, 0) is 22.7 Å². The molecule has 0 amide bonds. The van der Waals surface area contributed by atoms with E-state index < -0.39 is 4.92 Å². The van der Waals surface area contributed by atoms with Crippen molar-refractivity contribution in [1.29, 1.82) is 0 Å². The summed E-state index contributed by atoms with van der Waals surface area (Å²) in [6, 6.07) is 1.29. The maximum atomic E-state index is 10.5. The van der Waals surface area contributed by atoms with Crippen LogP contribution in [0.3, 0.4) is 0 Å². The van der Waals surface area contributed by atoms with Crippen LogP contribution in [-0.2, 0) is 0 Å². The standard InChI is InChI=1S/C9H10N2O4/c1-14-8-5-10-9(11(12)13)4-7(8)15-6-2-3-6/h4-6H,2-3H2,1H3. The predicted octanol–water partition coefficient (Wildman–Crippen LogP) is 1.54. The van der Waals surface area contributed by atoms with Crippen molar-refractivity contribution in [3.05, 3.63) is 22.4 Å². The van der Waals surface area contributed by atoms with Gasteiger partial charge in [0.05, 0.1) is 19.3 Å².